The lowest BCUT2D eigenvalue weighted by atomic mass is 9.51. The highest BCUT2D eigenvalue weighted by Gasteiger charge is 2.62. The molecule has 5 fully saturated rings. The van der Waals surface area contributed by atoms with Crippen LogP contribution in [0.3, 0.4) is 0 Å². The van der Waals surface area contributed by atoms with E-state index in [1.54, 1.807) is 5.57 Å². The molecular formula is C45H61N7O2. The molecule has 0 radical (unpaired) electrons. The number of aromatic nitrogens is 2. The van der Waals surface area contributed by atoms with E-state index in [2.05, 4.69) is 88.0 Å². The number of nitrogens with zero attached hydrogens (tertiary/aromatic N) is 7. The number of hydrogen-bond donors (Lipinski definition) is 1. The first-order valence-electron chi connectivity index (χ1n) is 21.2. The third-order valence-electron chi connectivity index (χ3n) is 14.7. The predicted octanol–water partition coefficient (Wildman–Crippen LogP) is 6.75. The lowest BCUT2D eigenvalue weighted by Crippen LogP contribution is -2.51. The lowest BCUT2D eigenvalue weighted by Gasteiger charge is -2.54. The van der Waals surface area contributed by atoms with Gasteiger partial charge in [0.05, 0.1) is 5.60 Å². The molecule has 1 aromatic carbocycles. The van der Waals surface area contributed by atoms with E-state index in [1.165, 1.54) is 48.1 Å². The Hall–Kier alpha value is -3.69. The van der Waals surface area contributed by atoms with Crippen LogP contribution in [0.2, 0.25) is 0 Å². The number of aliphatic hydroxyl groups is 1. The Morgan fingerprint density at radius 1 is 0.852 bits per heavy atom. The van der Waals surface area contributed by atoms with Crippen molar-refractivity contribution in [3.63, 3.8) is 0 Å². The fourth-order valence-corrected chi connectivity index (χ4v) is 11.6. The number of allylic oxidation sites excluding steroid dienone is 4. The summed E-state index contributed by atoms with van der Waals surface area (Å²) in [4.78, 5) is 34.7. The van der Waals surface area contributed by atoms with Crippen molar-refractivity contribution in [2.45, 2.75) is 89.1 Å². The van der Waals surface area contributed by atoms with E-state index in [0.717, 1.165) is 115 Å². The molecule has 5 atom stereocenters. The molecule has 1 aromatic heterocycles. The van der Waals surface area contributed by atoms with Gasteiger partial charge < -0.3 is 24.7 Å². The fourth-order valence-electron chi connectivity index (χ4n) is 11.6. The van der Waals surface area contributed by atoms with Gasteiger partial charge in [-0.2, -0.15) is 9.97 Å². The zero-order chi connectivity index (χ0) is 37.0. The first-order valence-corrected chi connectivity index (χ1v) is 21.2. The minimum Gasteiger partial charge on any atom is -0.385 e. The number of ketones is 1. The summed E-state index contributed by atoms with van der Waals surface area (Å²) < 4.78 is 0. The molecule has 4 heterocycles. The summed E-state index contributed by atoms with van der Waals surface area (Å²) in [6.07, 6.45) is 17.8. The molecule has 0 bridgehead atoms. The van der Waals surface area contributed by atoms with Crippen LogP contribution in [0.15, 0.2) is 65.3 Å². The van der Waals surface area contributed by atoms with Crippen LogP contribution in [0.1, 0.15) is 89.0 Å². The van der Waals surface area contributed by atoms with Crippen LogP contribution < -0.4 is 19.6 Å². The number of carbonyl (C=O) groups excluding carboxylic acids is 1. The van der Waals surface area contributed by atoms with E-state index >= 15 is 0 Å². The fraction of sp³-hybridized carbons (Fsp3) is 0.622. The molecule has 288 valence electrons. The van der Waals surface area contributed by atoms with Crippen molar-refractivity contribution < 1.29 is 9.90 Å². The van der Waals surface area contributed by atoms with Gasteiger partial charge in [-0.1, -0.05) is 36.8 Å². The molecule has 0 unspecified atom stereocenters. The van der Waals surface area contributed by atoms with Gasteiger partial charge in [0.25, 0.3) is 0 Å². The molecule has 54 heavy (non-hydrogen) atoms. The zero-order valence-corrected chi connectivity index (χ0v) is 33.0. The highest BCUT2D eigenvalue weighted by molar-refractivity contribution is 5.93. The predicted molar refractivity (Wildman–Crippen MR) is 219 cm³/mol. The van der Waals surface area contributed by atoms with Gasteiger partial charge in [0.15, 0.2) is 5.78 Å². The molecule has 9 rings (SSSR count). The number of benzene rings is 1. The number of rotatable bonds is 8. The maximum atomic E-state index is 12.7. The molecule has 4 aliphatic carbocycles. The quantitative estimate of drug-likeness (QED) is 0.297. The topological polar surface area (TPSA) is 79.3 Å². The molecule has 2 aromatic rings. The Morgan fingerprint density at radius 3 is 2.20 bits per heavy atom. The molecule has 3 saturated heterocycles. The van der Waals surface area contributed by atoms with Crippen molar-refractivity contribution in [1.29, 1.82) is 0 Å². The maximum absolute atomic E-state index is 12.7. The number of anilines is 4. The normalized spacial score (nSPS) is 31.6. The van der Waals surface area contributed by atoms with Crippen molar-refractivity contribution in [3.05, 3.63) is 70.8 Å². The van der Waals surface area contributed by atoms with Crippen LogP contribution in [-0.4, -0.2) is 104 Å². The Morgan fingerprint density at radius 2 is 1.52 bits per heavy atom. The summed E-state index contributed by atoms with van der Waals surface area (Å²) in [5.74, 6) is 4.52. The van der Waals surface area contributed by atoms with Gasteiger partial charge in [0.2, 0.25) is 5.95 Å². The van der Waals surface area contributed by atoms with Gasteiger partial charge in [0.1, 0.15) is 11.6 Å². The second-order valence-electron chi connectivity index (χ2n) is 17.9. The molecule has 9 nitrogen and oxygen atoms in total. The highest BCUT2D eigenvalue weighted by Crippen LogP contribution is 2.67. The SMILES string of the molecule is CN(C)c1ccc([C@H]2C[C@@]3(C)[C@@H](CC[C@]3(O)/C=C/CN3CCN(c4cc(N5CCCC5)nc(N5CCCC5)n4)CC3)[C@@H]3CCC4=CC(=O)CCC4=C32)cc1. The number of piperazine rings is 1. The van der Waals surface area contributed by atoms with Gasteiger partial charge in [-0.25, -0.2) is 0 Å². The van der Waals surface area contributed by atoms with Gasteiger partial charge in [0, 0.05) is 103 Å². The molecule has 1 N–H and O–H groups in total. The van der Waals surface area contributed by atoms with E-state index in [4.69, 9.17) is 9.97 Å². The molecule has 0 spiro atoms. The van der Waals surface area contributed by atoms with E-state index in [9.17, 15) is 9.90 Å². The monoisotopic (exact) mass is 731 g/mol. The van der Waals surface area contributed by atoms with Crippen LogP contribution in [0.25, 0.3) is 0 Å². The van der Waals surface area contributed by atoms with Crippen LogP contribution in [0.4, 0.5) is 23.3 Å². The molecular weight excluding hydrogens is 671 g/mol. The van der Waals surface area contributed by atoms with Gasteiger partial charge in [-0.05, 0) is 111 Å². The van der Waals surface area contributed by atoms with E-state index < -0.39 is 5.60 Å². The summed E-state index contributed by atoms with van der Waals surface area (Å²) in [6.45, 7) is 11.4. The van der Waals surface area contributed by atoms with Gasteiger partial charge >= 0.3 is 0 Å². The first-order chi connectivity index (χ1) is 26.2. The largest absolute Gasteiger partial charge is 0.385 e. The first kappa shape index (κ1) is 36.0. The third-order valence-corrected chi connectivity index (χ3v) is 14.7. The molecule has 7 aliphatic rings. The van der Waals surface area contributed by atoms with Crippen molar-refractivity contribution >= 4 is 29.1 Å². The molecule has 3 aliphatic heterocycles. The Kier molecular flexibility index (Phi) is 9.61. The van der Waals surface area contributed by atoms with Crippen molar-refractivity contribution in [1.82, 2.24) is 14.9 Å². The zero-order valence-electron chi connectivity index (χ0n) is 33.0. The summed E-state index contributed by atoms with van der Waals surface area (Å²) in [5, 5.41) is 12.7. The summed E-state index contributed by atoms with van der Waals surface area (Å²) in [7, 11) is 4.19. The average molecular weight is 732 g/mol. The maximum Gasteiger partial charge on any atom is 0.229 e. The van der Waals surface area contributed by atoms with Gasteiger partial charge in [-0.3, -0.25) is 9.69 Å². The summed E-state index contributed by atoms with van der Waals surface area (Å²) >= 11 is 0. The molecule has 2 saturated carbocycles. The van der Waals surface area contributed by atoms with E-state index in [0.29, 0.717) is 18.3 Å². The summed E-state index contributed by atoms with van der Waals surface area (Å²) in [5.41, 5.74) is 5.86. The Bertz CT molecular complexity index is 1780. The van der Waals surface area contributed by atoms with Crippen molar-refractivity contribution in [2.24, 2.45) is 17.3 Å². The van der Waals surface area contributed by atoms with Crippen molar-refractivity contribution in [2.75, 3.05) is 92.6 Å². The second kappa shape index (κ2) is 14.4. The van der Waals surface area contributed by atoms with E-state index in [-0.39, 0.29) is 17.1 Å². The van der Waals surface area contributed by atoms with Crippen LogP contribution in [-0.2, 0) is 4.79 Å². The number of hydrogen-bond acceptors (Lipinski definition) is 9. The molecule has 0 amide bonds. The minimum atomic E-state index is -0.838. The Balaban J connectivity index is 0.915. The summed E-state index contributed by atoms with van der Waals surface area (Å²) in [6, 6.07) is 11.4. The number of fused-ring (bicyclic) bond motifs is 4. The third kappa shape index (κ3) is 6.47. The minimum absolute atomic E-state index is 0.222. The second-order valence-corrected chi connectivity index (χ2v) is 17.9. The van der Waals surface area contributed by atoms with Crippen LogP contribution in [0.5, 0.6) is 0 Å². The molecule has 9 heteroatoms. The van der Waals surface area contributed by atoms with Crippen LogP contribution in [0, 0.1) is 17.3 Å². The average Bonchev–Trinajstić information content (AvgIpc) is 3.97. The Labute approximate surface area is 322 Å². The number of carbonyl (C=O) groups is 1. The van der Waals surface area contributed by atoms with Crippen molar-refractivity contribution in [3.8, 4) is 0 Å². The smallest absolute Gasteiger partial charge is 0.229 e. The highest BCUT2D eigenvalue weighted by atomic mass is 16.3. The standard InChI is InChI=1S/C45H61N7O2/c1-44-31-38(32-9-12-34(13-10-32)48(2)3)42-36-16-14-35(53)29-33(36)11-15-37(42)39(44)17-19-45(44,54)18-8-20-49-25-27-51(28-26-49)41-30-40(50-21-4-5-22-50)46-43(47-41)52-23-6-7-24-52/h8-10,12-13,18,29-30,37-39,54H,4-7,11,14-17,19-28,31H2,1-3H3/b18-8+/t37-,38+,39-,44-,45+/m0/s1. The van der Waals surface area contributed by atoms with Crippen LogP contribution >= 0.6 is 0 Å². The van der Waals surface area contributed by atoms with E-state index in [1.807, 2.05) is 6.08 Å². The lowest BCUT2D eigenvalue weighted by molar-refractivity contribution is -0.114. The van der Waals surface area contributed by atoms with Gasteiger partial charge in [-0.15, -0.1) is 0 Å².